The fourth-order valence-corrected chi connectivity index (χ4v) is 5.91. The maximum absolute atomic E-state index is 10.9. The minimum absolute atomic E-state index is 0.0783. The number of carbonyl (C=O) groups is 1. The zero-order valence-electron chi connectivity index (χ0n) is 33.6. The highest BCUT2D eigenvalue weighted by atomic mass is 16.5. The molecule has 0 aliphatic heterocycles. The van der Waals surface area contributed by atoms with Gasteiger partial charge in [-0.1, -0.05) is 174 Å². The van der Waals surface area contributed by atoms with Gasteiger partial charge in [0.1, 0.15) is 5.75 Å². The lowest BCUT2D eigenvalue weighted by molar-refractivity contribution is 0.0600. The molecule has 3 heteroatoms. The zero-order valence-corrected chi connectivity index (χ0v) is 33.6. The van der Waals surface area contributed by atoms with Crippen molar-refractivity contribution < 1.29 is 14.3 Å². The van der Waals surface area contributed by atoms with Crippen LogP contribution < -0.4 is 4.74 Å². The van der Waals surface area contributed by atoms with Crippen LogP contribution in [0.4, 0.5) is 0 Å². The van der Waals surface area contributed by atoms with Gasteiger partial charge in [-0.15, -0.1) is 0 Å². The second-order valence-corrected chi connectivity index (χ2v) is 15.7. The minimum Gasteiger partial charge on any atom is -0.497 e. The Bertz CT molecular complexity index is 1710. The Morgan fingerprint density at radius 2 is 0.863 bits per heavy atom. The van der Waals surface area contributed by atoms with Crippen molar-refractivity contribution in [2.75, 3.05) is 14.2 Å². The Hall–Kier alpha value is -4.63. The number of esters is 1. The molecule has 0 fully saturated rings. The molecule has 0 radical (unpaired) electrons. The molecule has 272 valence electrons. The van der Waals surface area contributed by atoms with Gasteiger partial charge in [0.2, 0.25) is 0 Å². The van der Waals surface area contributed by atoms with Crippen molar-refractivity contribution >= 4 is 5.97 Å². The van der Waals surface area contributed by atoms with E-state index in [1.165, 1.54) is 46.9 Å². The number of methoxy groups -OCH3 is 2. The molecule has 3 nitrogen and oxygen atoms in total. The van der Waals surface area contributed by atoms with Gasteiger partial charge >= 0.3 is 5.97 Å². The molecule has 51 heavy (non-hydrogen) atoms. The molecule has 5 aromatic rings. The molecule has 5 rings (SSSR count). The van der Waals surface area contributed by atoms with E-state index in [0.717, 1.165) is 11.3 Å². The SMILES string of the molecule is COC(=O)c1ccc(C)cc1.COc1ccc(C)cc1.Cc1ccc(C(C)(C)CC(C)(C)C)cc1.Cc1ccc(C(C)(C)c2ccccc2)cc1. The van der Waals surface area contributed by atoms with E-state index in [-0.39, 0.29) is 16.8 Å². The Morgan fingerprint density at radius 1 is 0.490 bits per heavy atom. The lowest BCUT2D eigenvalue weighted by Gasteiger charge is -2.33. The smallest absolute Gasteiger partial charge is 0.337 e. The van der Waals surface area contributed by atoms with Crippen LogP contribution in [0.25, 0.3) is 0 Å². The molecule has 0 atom stereocenters. The van der Waals surface area contributed by atoms with Gasteiger partial charge in [0, 0.05) is 5.41 Å². The van der Waals surface area contributed by atoms with Crippen LogP contribution in [0, 0.1) is 33.1 Å². The normalized spacial score (nSPS) is 11.0. The van der Waals surface area contributed by atoms with Gasteiger partial charge in [0.25, 0.3) is 0 Å². The van der Waals surface area contributed by atoms with E-state index >= 15 is 0 Å². The summed E-state index contributed by atoms with van der Waals surface area (Å²) in [4.78, 5) is 10.9. The van der Waals surface area contributed by atoms with Gasteiger partial charge in [-0.25, -0.2) is 4.79 Å². The van der Waals surface area contributed by atoms with E-state index in [9.17, 15) is 4.79 Å². The quantitative estimate of drug-likeness (QED) is 0.167. The number of hydrogen-bond donors (Lipinski definition) is 0. The van der Waals surface area contributed by atoms with Crippen LogP contribution in [0.3, 0.4) is 0 Å². The second kappa shape index (κ2) is 19.7. The average Bonchev–Trinajstić information content (AvgIpc) is 3.09. The van der Waals surface area contributed by atoms with E-state index in [0.29, 0.717) is 11.0 Å². The highest BCUT2D eigenvalue weighted by molar-refractivity contribution is 5.89. The zero-order chi connectivity index (χ0) is 38.2. The van der Waals surface area contributed by atoms with Crippen molar-refractivity contribution in [1.82, 2.24) is 0 Å². The molecule has 5 aromatic carbocycles. The van der Waals surface area contributed by atoms with Crippen LogP contribution in [0.2, 0.25) is 0 Å². The molecule has 0 aliphatic carbocycles. The standard InChI is InChI=1S/C16H18.C15H24.C9H10O2.C8H10O/c1-13-9-11-15(12-10-13)16(2,3)14-7-5-4-6-8-14;1-12-7-9-13(10-8-12)15(5,6)11-14(2,3)4;1-7-3-5-8(6-4-7)9(10)11-2;1-7-3-5-8(9-2)6-4-7/h4-12H,1-3H3;7-10H,11H2,1-6H3;3-6H,1-2H3;3-6H,1-2H3. The first kappa shape index (κ1) is 42.5. The highest BCUT2D eigenvalue weighted by Crippen LogP contribution is 2.36. The lowest BCUT2D eigenvalue weighted by Crippen LogP contribution is -2.24. The third kappa shape index (κ3) is 15.0. The summed E-state index contributed by atoms with van der Waals surface area (Å²) in [5.74, 6) is 0.630. The summed E-state index contributed by atoms with van der Waals surface area (Å²) >= 11 is 0. The summed E-state index contributed by atoms with van der Waals surface area (Å²) in [5, 5.41) is 0. The third-order valence-corrected chi connectivity index (χ3v) is 8.80. The molecule has 0 N–H and O–H groups in total. The number of aryl methyl sites for hydroxylation is 4. The summed E-state index contributed by atoms with van der Waals surface area (Å²) in [6.07, 6.45) is 1.21. The molecule has 0 saturated carbocycles. The molecule has 0 saturated heterocycles. The lowest BCUT2D eigenvalue weighted by atomic mass is 9.72. The molecule has 0 heterocycles. The monoisotopic (exact) mass is 686 g/mol. The van der Waals surface area contributed by atoms with Gasteiger partial charge < -0.3 is 9.47 Å². The summed E-state index contributed by atoms with van der Waals surface area (Å²) in [6, 6.07) is 43.6. The number of rotatable bonds is 6. The van der Waals surface area contributed by atoms with Crippen LogP contribution in [0.1, 0.15) is 104 Å². The first-order valence-electron chi connectivity index (χ1n) is 17.8. The summed E-state index contributed by atoms with van der Waals surface area (Å²) in [6.45, 7) is 24.4. The van der Waals surface area contributed by atoms with Crippen LogP contribution in [0.15, 0.2) is 127 Å². The largest absolute Gasteiger partial charge is 0.497 e. The first-order valence-corrected chi connectivity index (χ1v) is 17.8. The van der Waals surface area contributed by atoms with Gasteiger partial charge in [0.05, 0.1) is 19.8 Å². The topological polar surface area (TPSA) is 35.5 Å². The predicted octanol–water partition coefficient (Wildman–Crippen LogP) is 12.8. The highest BCUT2D eigenvalue weighted by Gasteiger charge is 2.27. The van der Waals surface area contributed by atoms with E-state index in [2.05, 4.69) is 153 Å². The maximum atomic E-state index is 10.9. The molecule has 0 spiro atoms. The first-order chi connectivity index (χ1) is 23.9. The van der Waals surface area contributed by atoms with Crippen LogP contribution >= 0.6 is 0 Å². The van der Waals surface area contributed by atoms with Crippen LogP contribution in [-0.2, 0) is 15.6 Å². The fraction of sp³-hybridized carbons (Fsp3) is 0.354. The van der Waals surface area contributed by atoms with E-state index in [1.807, 2.05) is 43.3 Å². The fourth-order valence-electron chi connectivity index (χ4n) is 5.91. The van der Waals surface area contributed by atoms with Crippen LogP contribution in [-0.4, -0.2) is 20.2 Å². The molecular weight excluding hydrogens is 625 g/mol. The van der Waals surface area contributed by atoms with Crippen molar-refractivity contribution in [3.8, 4) is 5.75 Å². The number of carbonyl (C=O) groups excluding carboxylic acids is 1. The molecule has 0 bridgehead atoms. The molecule has 0 aromatic heterocycles. The minimum atomic E-state index is -0.287. The summed E-state index contributed by atoms with van der Waals surface area (Å²) in [7, 11) is 3.05. The van der Waals surface area contributed by atoms with E-state index < -0.39 is 0 Å². The second-order valence-electron chi connectivity index (χ2n) is 15.7. The number of hydrogen-bond acceptors (Lipinski definition) is 3. The van der Waals surface area contributed by atoms with Gasteiger partial charge in [0.15, 0.2) is 0 Å². The van der Waals surface area contributed by atoms with Crippen molar-refractivity contribution in [1.29, 1.82) is 0 Å². The Labute approximate surface area is 310 Å². The molecule has 0 aliphatic rings. The Kier molecular flexibility index (Phi) is 16.4. The average molecular weight is 687 g/mol. The van der Waals surface area contributed by atoms with Gasteiger partial charge in [-0.3, -0.25) is 0 Å². The van der Waals surface area contributed by atoms with E-state index in [4.69, 9.17) is 4.74 Å². The molecular formula is C48H62O3. The third-order valence-electron chi connectivity index (χ3n) is 8.80. The van der Waals surface area contributed by atoms with Crippen molar-refractivity contribution in [3.05, 3.63) is 172 Å². The van der Waals surface area contributed by atoms with Crippen molar-refractivity contribution in [2.45, 2.75) is 93.4 Å². The summed E-state index contributed by atoms with van der Waals surface area (Å²) < 4.78 is 9.51. The maximum Gasteiger partial charge on any atom is 0.337 e. The number of ether oxygens (including phenoxy) is 2. The summed E-state index contributed by atoms with van der Waals surface area (Å²) in [5.41, 5.74) is 10.5. The number of benzene rings is 5. The Balaban J connectivity index is 0.000000241. The van der Waals surface area contributed by atoms with Gasteiger partial charge in [-0.05, 0) is 85.9 Å². The van der Waals surface area contributed by atoms with Crippen LogP contribution in [0.5, 0.6) is 5.75 Å². The predicted molar refractivity (Wildman–Crippen MR) is 218 cm³/mol. The Morgan fingerprint density at radius 3 is 1.25 bits per heavy atom. The molecule has 0 amide bonds. The van der Waals surface area contributed by atoms with Crippen molar-refractivity contribution in [2.24, 2.45) is 5.41 Å². The van der Waals surface area contributed by atoms with E-state index in [1.54, 1.807) is 19.2 Å². The van der Waals surface area contributed by atoms with Gasteiger partial charge in [-0.2, -0.15) is 0 Å². The molecule has 0 unspecified atom stereocenters. The van der Waals surface area contributed by atoms with Crippen molar-refractivity contribution in [3.63, 3.8) is 0 Å².